The fraction of sp³-hybridized carbons (Fsp3) is 0.0909. The van der Waals surface area contributed by atoms with E-state index >= 15 is 0 Å². The topological polar surface area (TPSA) is 67.4 Å². The van der Waals surface area contributed by atoms with Gasteiger partial charge in [0.25, 0.3) is 11.8 Å². The first-order valence-corrected chi connectivity index (χ1v) is 9.08. The van der Waals surface area contributed by atoms with Crippen LogP contribution in [0.5, 0.6) is 5.75 Å². The molecule has 0 radical (unpaired) electrons. The van der Waals surface area contributed by atoms with Crippen molar-refractivity contribution in [3.63, 3.8) is 0 Å². The number of rotatable bonds is 5. The zero-order valence-corrected chi connectivity index (χ0v) is 16.5. The van der Waals surface area contributed by atoms with Crippen molar-refractivity contribution in [3.05, 3.63) is 88.2 Å². The highest BCUT2D eigenvalue weighted by atomic mass is 35.5. The summed E-state index contributed by atoms with van der Waals surface area (Å²) < 4.78 is 18.7. The van der Waals surface area contributed by atoms with Gasteiger partial charge in [0, 0.05) is 16.7 Å². The van der Waals surface area contributed by atoms with Gasteiger partial charge in [-0.1, -0.05) is 29.8 Å². The van der Waals surface area contributed by atoms with E-state index in [0.717, 1.165) is 11.6 Å². The number of carbonyl (C=O) groups excluding carboxylic acids is 2. The molecule has 0 fully saturated rings. The van der Waals surface area contributed by atoms with Gasteiger partial charge in [-0.05, 0) is 48.9 Å². The Labute approximate surface area is 172 Å². The van der Waals surface area contributed by atoms with Crippen LogP contribution in [0.15, 0.2) is 60.7 Å². The van der Waals surface area contributed by atoms with E-state index in [-0.39, 0.29) is 11.1 Å². The highest BCUT2D eigenvalue weighted by Gasteiger charge is 2.17. The molecule has 2 N–H and O–H groups in total. The lowest BCUT2D eigenvalue weighted by Gasteiger charge is -2.14. The third-order valence-electron chi connectivity index (χ3n) is 4.24. The maximum Gasteiger partial charge on any atom is 0.257 e. The first kappa shape index (κ1) is 20.4. The van der Waals surface area contributed by atoms with Crippen molar-refractivity contribution in [1.29, 1.82) is 0 Å². The van der Waals surface area contributed by atoms with Crippen LogP contribution in [0.25, 0.3) is 0 Å². The van der Waals surface area contributed by atoms with Crippen molar-refractivity contribution in [2.75, 3.05) is 17.7 Å². The van der Waals surface area contributed by atoms with Crippen molar-refractivity contribution < 1.29 is 18.7 Å². The van der Waals surface area contributed by atoms with E-state index in [4.69, 9.17) is 16.3 Å². The number of carbonyl (C=O) groups is 2. The molecule has 0 unspecified atom stereocenters. The van der Waals surface area contributed by atoms with E-state index < -0.39 is 17.6 Å². The molecule has 0 aliphatic carbocycles. The summed E-state index contributed by atoms with van der Waals surface area (Å²) in [5.74, 6) is -1.08. The summed E-state index contributed by atoms with van der Waals surface area (Å²) in [7, 11) is 1.48. The Bertz CT molecular complexity index is 1090. The predicted molar refractivity (Wildman–Crippen MR) is 111 cm³/mol. The quantitative estimate of drug-likeness (QED) is 0.597. The lowest BCUT2D eigenvalue weighted by Crippen LogP contribution is -2.18. The van der Waals surface area contributed by atoms with Crippen molar-refractivity contribution in [1.82, 2.24) is 0 Å². The number of methoxy groups -OCH3 is 1. The van der Waals surface area contributed by atoms with Crippen LogP contribution < -0.4 is 15.4 Å². The van der Waals surface area contributed by atoms with Gasteiger partial charge in [0.2, 0.25) is 0 Å². The number of hydrogen-bond acceptors (Lipinski definition) is 3. The van der Waals surface area contributed by atoms with Crippen LogP contribution >= 0.6 is 11.6 Å². The fourth-order valence-electron chi connectivity index (χ4n) is 2.73. The molecule has 0 atom stereocenters. The molecule has 0 aromatic heterocycles. The number of benzene rings is 3. The number of nitrogens with one attached hydrogen (secondary N) is 2. The number of hydrogen-bond donors (Lipinski definition) is 2. The molecule has 0 bridgehead atoms. The number of para-hydroxylation sites is 1. The van der Waals surface area contributed by atoms with Gasteiger partial charge in [0.15, 0.2) is 0 Å². The van der Waals surface area contributed by atoms with Crippen LogP contribution in [0.3, 0.4) is 0 Å². The maximum atomic E-state index is 13.4. The van der Waals surface area contributed by atoms with Gasteiger partial charge in [-0.2, -0.15) is 0 Å². The SMILES string of the molecule is COc1cc(Cl)c(C)cc1NC(=O)c1ccccc1NC(=O)c1cccc(F)c1. The molecule has 3 rings (SSSR count). The molecule has 0 aliphatic rings. The summed E-state index contributed by atoms with van der Waals surface area (Å²) >= 11 is 6.10. The summed E-state index contributed by atoms with van der Waals surface area (Å²) in [4.78, 5) is 25.3. The largest absolute Gasteiger partial charge is 0.495 e. The van der Waals surface area contributed by atoms with Crippen LogP contribution in [0.2, 0.25) is 5.02 Å². The monoisotopic (exact) mass is 412 g/mol. The van der Waals surface area contributed by atoms with Gasteiger partial charge in [-0.25, -0.2) is 4.39 Å². The third-order valence-corrected chi connectivity index (χ3v) is 4.64. The van der Waals surface area contributed by atoms with Crippen molar-refractivity contribution in [3.8, 4) is 5.75 Å². The Morgan fingerprint density at radius 2 is 1.66 bits per heavy atom. The summed E-state index contributed by atoms with van der Waals surface area (Å²) in [6, 6.07) is 15.2. The molecule has 148 valence electrons. The van der Waals surface area contributed by atoms with E-state index in [2.05, 4.69) is 10.6 Å². The summed E-state index contributed by atoms with van der Waals surface area (Å²) in [5, 5.41) is 5.94. The Morgan fingerprint density at radius 3 is 2.38 bits per heavy atom. The second-order valence-electron chi connectivity index (χ2n) is 6.27. The van der Waals surface area contributed by atoms with E-state index in [1.807, 2.05) is 6.92 Å². The molecule has 0 saturated carbocycles. The zero-order valence-electron chi connectivity index (χ0n) is 15.8. The first-order chi connectivity index (χ1) is 13.9. The Hall–Kier alpha value is -3.38. The number of aryl methyl sites for hydroxylation is 1. The molecular formula is C22H18ClFN2O3. The lowest BCUT2D eigenvalue weighted by molar-refractivity contribution is 0.102. The van der Waals surface area contributed by atoms with Gasteiger partial charge >= 0.3 is 0 Å². The van der Waals surface area contributed by atoms with Crippen molar-refractivity contribution >= 4 is 34.8 Å². The minimum atomic E-state index is -0.523. The molecule has 3 aromatic carbocycles. The normalized spacial score (nSPS) is 10.3. The minimum Gasteiger partial charge on any atom is -0.495 e. The number of ether oxygens (including phenoxy) is 1. The van der Waals surface area contributed by atoms with Gasteiger partial charge in [0.1, 0.15) is 11.6 Å². The van der Waals surface area contributed by atoms with E-state index in [9.17, 15) is 14.0 Å². The smallest absolute Gasteiger partial charge is 0.257 e. The van der Waals surface area contributed by atoms with E-state index in [0.29, 0.717) is 22.1 Å². The zero-order chi connectivity index (χ0) is 21.0. The molecule has 5 nitrogen and oxygen atoms in total. The van der Waals surface area contributed by atoms with E-state index in [1.165, 1.54) is 25.3 Å². The van der Waals surface area contributed by atoms with Crippen LogP contribution in [-0.4, -0.2) is 18.9 Å². The van der Waals surface area contributed by atoms with Crippen LogP contribution in [-0.2, 0) is 0 Å². The van der Waals surface area contributed by atoms with Gasteiger partial charge in [0.05, 0.1) is 24.0 Å². The average molecular weight is 413 g/mol. The van der Waals surface area contributed by atoms with Crippen LogP contribution in [0.1, 0.15) is 26.3 Å². The third kappa shape index (κ3) is 4.73. The molecule has 7 heteroatoms. The molecule has 0 spiro atoms. The molecule has 0 aliphatic heterocycles. The van der Waals surface area contributed by atoms with E-state index in [1.54, 1.807) is 36.4 Å². The fourth-order valence-corrected chi connectivity index (χ4v) is 2.89. The maximum absolute atomic E-state index is 13.4. The highest BCUT2D eigenvalue weighted by molar-refractivity contribution is 6.31. The average Bonchev–Trinajstić information content (AvgIpc) is 2.70. The van der Waals surface area contributed by atoms with Gasteiger partial charge < -0.3 is 15.4 Å². The summed E-state index contributed by atoms with van der Waals surface area (Å²) in [6.07, 6.45) is 0. The number of amides is 2. The lowest BCUT2D eigenvalue weighted by atomic mass is 10.1. The molecule has 0 heterocycles. The first-order valence-electron chi connectivity index (χ1n) is 8.70. The summed E-state index contributed by atoms with van der Waals surface area (Å²) in [5.41, 5.74) is 1.91. The second-order valence-corrected chi connectivity index (χ2v) is 6.67. The molecule has 29 heavy (non-hydrogen) atoms. The Kier molecular flexibility index (Phi) is 6.14. The summed E-state index contributed by atoms with van der Waals surface area (Å²) in [6.45, 7) is 1.81. The molecular weight excluding hydrogens is 395 g/mol. The van der Waals surface area contributed by atoms with Gasteiger partial charge in [-0.15, -0.1) is 0 Å². The standard InChI is InChI=1S/C22H18ClFN2O3/c1-13-10-19(20(29-2)12-17(13)23)26-22(28)16-8-3-4-9-18(16)25-21(27)14-6-5-7-15(24)11-14/h3-12H,1-2H3,(H,25,27)(H,26,28). The van der Waals surface area contributed by atoms with Crippen LogP contribution in [0.4, 0.5) is 15.8 Å². The molecule has 2 amide bonds. The number of anilines is 2. The highest BCUT2D eigenvalue weighted by Crippen LogP contribution is 2.31. The molecule has 0 saturated heterocycles. The van der Waals surface area contributed by atoms with Crippen LogP contribution in [0, 0.1) is 12.7 Å². The Morgan fingerprint density at radius 1 is 0.931 bits per heavy atom. The number of halogens is 2. The molecule has 3 aromatic rings. The Balaban J connectivity index is 1.86. The predicted octanol–water partition coefficient (Wildman–Crippen LogP) is 5.30. The minimum absolute atomic E-state index is 0.148. The second kappa shape index (κ2) is 8.75. The van der Waals surface area contributed by atoms with Crippen molar-refractivity contribution in [2.45, 2.75) is 6.92 Å². The van der Waals surface area contributed by atoms with Gasteiger partial charge in [-0.3, -0.25) is 9.59 Å². The van der Waals surface area contributed by atoms with Crippen molar-refractivity contribution in [2.24, 2.45) is 0 Å².